The van der Waals surface area contributed by atoms with Crippen LogP contribution in [-0.2, 0) is 14.3 Å². The van der Waals surface area contributed by atoms with E-state index in [9.17, 15) is 19.2 Å². The van der Waals surface area contributed by atoms with Gasteiger partial charge in [0.1, 0.15) is 18.1 Å². The number of aldehydes is 2. The van der Waals surface area contributed by atoms with E-state index in [0.717, 1.165) is 32.1 Å². The van der Waals surface area contributed by atoms with Crippen molar-refractivity contribution in [3.05, 3.63) is 29.3 Å². The number of hydrogen-bond donors (Lipinski definition) is 2. The van der Waals surface area contributed by atoms with E-state index in [0.29, 0.717) is 38.1 Å². The minimum atomic E-state index is -0.818. The lowest BCUT2D eigenvalue weighted by Crippen LogP contribution is -2.47. The van der Waals surface area contributed by atoms with Crippen molar-refractivity contribution >= 4 is 24.4 Å². The van der Waals surface area contributed by atoms with Gasteiger partial charge in [-0.25, -0.2) is 0 Å². The van der Waals surface area contributed by atoms with Crippen LogP contribution in [0.2, 0.25) is 0 Å². The van der Waals surface area contributed by atoms with Crippen LogP contribution in [0, 0.1) is 0 Å². The smallest absolute Gasteiger partial charge is 0.255 e. The molecule has 184 valence electrons. The summed E-state index contributed by atoms with van der Waals surface area (Å²) >= 11 is 0. The average molecular weight is 465 g/mol. The molecule has 1 rings (SSSR count). The molecule has 0 fully saturated rings. The van der Waals surface area contributed by atoms with Crippen LogP contribution in [0.5, 0.6) is 5.75 Å². The molecule has 0 aliphatic heterocycles. The summed E-state index contributed by atoms with van der Waals surface area (Å²) < 4.78 is 11.2. The third kappa shape index (κ3) is 10.1. The van der Waals surface area contributed by atoms with Gasteiger partial charge in [0.2, 0.25) is 5.91 Å². The summed E-state index contributed by atoms with van der Waals surface area (Å²) in [7, 11) is 2.94. The fourth-order valence-corrected chi connectivity index (χ4v) is 3.24. The highest BCUT2D eigenvalue weighted by Gasteiger charge is 2.27. The first-order valence-corrected chi connectivity index (χ1v) is 11.3. The number of carbonyl (C=O) groups excluding carboxylic acids is 4. The minimum absolute atomic E-state index is 0.138. The molecule has 0 saturated heterocycles. The summed E-state index contributed by atoms with van der Waals surface area (Å²) in [5, 5.41) is 11.2. The van der Waals surface area contributed by atoms with E-state index in [1.807, 2.05) is 0 Å². The fourth-order valence-electron chi connectivity index (χ4n) is 3.24. The molecule has 2 N–H and O–H groups in total. The Morgan fingerprint density at radius 2 is 1.79 bits per heavy atom. The van der Waals surface area contributed by atoms with Crippen molar-refractivity contribution in [1.29, 1.82) is 0 Å². The van der Waals surface area contributed by atoms with E-state index in [1.165, 1.54) is 31.1 Å². The predicted octanol–water partition coefficient (Wildman–Crippen LogP) is 2.00. The Morgan fingerprint density at radius 3 is 2.42 bits per heavy atom. The van der Waals surface area contributed by atoms with Gasteiger partial charge in [0, 0.05) is 45.9 Å². The molecule has 0 spiro atoms. The third-order valence-corrected chi connectivity index (χ3v) is 5.17. The van der Waals surface area contributed by atoms with Crippen LogP contribution in [0.15, 0.2) is 18.2 Å². The van der Waals surface area contributed by atoms with Crippen molar-refractivity contribution in [2.75, 3.05) is 40.5 Å². The molecule has 0 bridgehead atoms. The van der Waals surface area contributed by atoms with Crippen LogP contribution in [0.1, 0.15) is 65.7 Å². The number of nitrogens with one attached hydrogen (secondary N) is 1. The molecule has 1 aromatic rings. The maximum Gasteiger partial charge on any atom is 0.255 e. The van der Waals surface area contributed by atoms with Crippen LogP contribution in [0.3, 0.4) is 0 Å². The standard InChI is InChI=1S/C24H36N2O7/c1-25-23(30)22(9-8-13-28)26(2)24(31)21-11-10-20(17-19(21)18-29)33-16-6-3-5-14-32-15-7-4-12-27/h10-11,13,17-18,22,27H,3-9,12,14-16H2,1-2H3,(H,25,30). The van der Waals surface area contributed by atoms with E-state index in [-0.39, 0.29) is 36.5 Å². The van der Waals surface area contributed by atoms with Crippen molar-refractivity contribution in [2.24, 2.45) is 0 Å². The molecule has 2 amide bonds. The molecule has 0 aliphatic carbocycles. The number of aliphatic hydroxyl groups is 1. The molecule has 0 aliphatic rings. The number of aliphatic hydroxyl groups excluding tert-OH is 1. The molecule has 1 unspecified atom stereocenters. The molecule has 0 radical (unpaired) electrons. The number of rotatable bonds is 18. The number of ether oxygens (including phenoxy) is 2. The van der Waals surface area contributed by atoms with E-state index in [4.69, 9.17) is 14.6 Å². The van der Waals surface area contributed by atoms with Gasteiger partial charge in [0.05, 0.1) is 12.2 Å². The van der Waals surface area contributed by atoms with Crippen LogP contribution in [0.4, 0.5) is 0 Å². The van der Waals surface area contributed by atoms with Crippen LogP contribution >= 0.6 is 0 Å². The highest BCUT2D eigenvalue weighted by molar-refractivity contribution is 6.03. The summed E-state index contributed by atoms with van der Waals surface area (Å²) in [4.78, 5) is 48.7. The van der Waals surface area contributed by atoms with E-state index in [2.05, 4.69) is 5.32 Å². The Bertz CT molecular complexity index is 754. The lowest BCUT2D eigenvalue weighted by Gasteiger charge is -2.27. The Morgan fingerprint density at radius 1 is 1.09 bits per heavy atom. The highest BCUT2D eigenvalue weighted by atomic mass is 16.5. The lowest BCUT2D eigenvalue weighted by atomic mass is 10.0. The van der Waals surface area contributed by atoms with Crippen molar-refractivity contribution in [2.45, 2.75) is 51.0 Å². The molecule has 0 saturated carbocycles. The van der Waals surface area contributed by atoms with E-state index in [1.54, 1.807) is 6.07 Å². The number of unbranched alkanes of at least 4 members (excludes halogenated alkanes) is 3. The first kappa shape index (κ1) is 28.3. The van der Waals surface area contributed by atoms with Crippen LogP contribution in [0.25, 0.3) is 0 Å². The van der Waals surface area contributed by atoms with Gasteiger partial charge in [-0.2, -0.15) is 0 Å². The molecule has 1 atom stereocenters. The summed E-state index contributed by atoms with van der Waals surface area (Å²) in [6, 6.07) is 3.83. The Hall–Kier alpha value is -2.78. The van der Waals surface area contributed by atoms with E-state index < -0.39 is 11.9 Å². The first-order chi connectivity index (χ1) is 16.0. The highest BCUT2D eigenvalue weighted by Crippen LogP contribution is 2.20. The monoisotopic (exact) mass is 464 g/mol. The zero-order chi connectivity index (χ0) is 24.5. The molecule has 9 nitrogen and oxygen atoms in total. The number of nitrogens with zero attached hydrogens (tertiary/aromatic N) is 1. The summed E-state index contributed by atoms with van der Waals surface area (Å²) in [6.07, 6.45) is 5.90. The topological polar surface area (TPSA) is 122 Å². The second-order valence-electron chi connectivity index (χ2n) is 7.61. The van der Waals surface area contributed by atoms with Crippen molar-refractivity contribution in [1.82, 2.24) is 10.2 Å². The molecular formula is C24H36N2O7. The quantitative estimate of drug-likeness (QED) is 0.252. The number of amides is 2. The fraction of sp³-hybridized carbons (Fsp3) is 0.583. The SMILES string of the molecule is CNC(=O)C(CCC=O)N(C)C(=O)c1ccc(OCCCCCOCCCCO)cc1C=O. The minimum Gasteiger partial charge on any atom is -0.494 e. The van der Waals surface area contributed by atoms with Crippen LogP contribution < -0.4 is 10.1 Å². The van der Waals surface area contributed by atoms with Gasteiger partial charge < -0.3 is 29.6 Å². The van der Waals surface area contributed by atoms with Gasteiger partial charge in [-0.1, -0.05) is 0 Å². The predicted molar refractivity (Wildman–Crippen MR) is 124 cm³/mol. The summed E-state index contributed by atoms with van der Waals surface area (Å²) in [5.74, 6) is -0.377. The van der Waals surface area contributed by atoms with Gasteiger partial charge in [0.15, 0.2) is 6.29 Å². The molecule has 0 heterocycles. The normalized spacial score (nSPS) is 11.5. The average Bonchev–Trinajstić information content (AvgIpc) is 2.84. The van der Waals surface area contributed by atoms with Gasteiger partial charge in [-0.3, -0.25) is 14.4 Å². The largest absolute Gasteiger partial charge is 0.494 e. The molecular weight excluding hydrogens is 428 g/mol. The second-order valence-corrected chi connectivity index (χ2v) is 7.61. The van der Waals surface area contributed by atoms with E-state index >= 15 is 0 Å². The maximum absolute atomic E-state index is 12.9. The van der Waals surface area contributed by atoms with Crippen LogP contribution in [-0.4, -0.2) is 81.0 Å². The molecule has 9 heteroatoms. The Kier molecular flexibility index (Phi) is 14.4. The third-order valence-electron chi connectivity index (χ3n) is 5.17. The van der Waals surface area contributed by atoms with Crippen molar-refractivity contribution < 1.29 is 33.8 Å². The Balaban J connectivity index is 2.60. The summed E-state index contributed by atoms with van der Waals surface area (Å²) in [5.41, 5.74) is 0.338. The summed E-state index contributed by atoms with van der Waals surface area (Å²) in [6.45, 7) is 2.00. The molecule has 0 aromatic heterocycles. The Labute approximate surface area is 195 Å². The molecule has 33 heavy (non-hydrogen) atoms. The number of benzene rings is 1. The van der Waals surface area contributed by atoms with Gasteiger partial charge in [0.25, 0.3) is 5.91 Å². The zero-order valence-corrected chi connectivity index (χ0v) is 19.6. The van der Waals surface area contributed by atoms with Crippen molar-refractivity contribution in [3.63, 3.8) is 0 Å². The number of likely N-dealkylation sites (N-methyl/N-ethyl adjacent to an activating group) is 2. The first-order valence-electron chi connectivity index (χ1n) is 11.3. The van der Waals surface area contributed by atoms with Gasteiger partial charge >= 0.3 is 0 Å². The van der Waals surface area contributed by atoms with Gasteiger partial charge in [-0.05, 0) is 56.7 Å². The van der Waals surface area contributed by atoms with Crippen molar-refractivity contribution in [3.8, 4) is 5.75 Å². The molecule has 1 aromatic carbocycles. The van der Waals surface area contributed by atoms with Gasteiger partial charge in [-0.15, -0.1) is 0 Å². The number of carbonyl (C=O) groups is 4. The lowest BCUT2D eigenvalue weighted by molar-refractivity contribution is -0.125. The second kappa shape index (κ2) is 16.8. The zero-order valence-electron chi connectivity index (χ0n) is 19.6. The maximum atomic E-state index is 12.9. The number of hydrogen-bond acceptors (Lipinski definition) is 7.